The fourth-order valence-corrected chi connectivity index (χ4v) is 1.70. The van der Waals surface area contributed by atoms with Crippen LogP contribution in [0.4, 0.5) is 4.39 Å². The Bertz CT molecular complexity index is 389. The lowest BCUT2D eigenvalue weighted by Gasteiger charge is -2.19. The molecule has 4 nitrogen and oxygen atoms in total. The molecule has 0 amide bonds. The highest BCUT2D eigenvalue weighted by Crippen LogP contribution is 2.19. The van der Waals surface area contributed by atoms with E-state index in [0.717, 1.165) is 12.0 Å². The fraction of sp³-hybridized carbons (Fsp3) is 0.600. The van der Waals surface area contributed by atoms with E-state index in [1.807, 2.05) is 45.0 Å². The van der Waals surface area contributed by atoms with Gasteiger partial charge in [-0.05, 0) is 24.0 Å². The van der Waals surface area contributed by atoms with Crippen molar-refractivity contribution in [2.24, 2.45) is 0 Å². The zero-order valence-corrected chi connectivity index (χ0v) is 12.4. The van der Waals surface area contributed by atoms with Gasteiger partial charge < -0.3 is 5.11 Å². The smallest absolute Gasteiger partial charge is 0.272 e. The summed E-state index contributed by atoms with van der Waals surface area (Å²) in [6.45, 7) is 4.12. The third-order valence-corrected chi connectivity index (χ3v) is 3.24. The summed E-state index contributed by atoms with van der Waals surface area (Å²) in [7, 11) is 0. The van der Waals surface area contributed by atoms with E-state index in [4.69, 9.17) is 5.11 Å². The maximum absolute atomic E-state index is 12.8. The van der Waals surface area contributed by atoms with Crippen molar-refractivity contribution < 1.29 is 14.4 Å². The lowest BCUT2D eigenvalue weighted by atomic mass is 9.93. The maximum atomic E-state index is 12.8. The monoisotopic (exact) mass is 285 g/mol. The number of nitrogens with zero attached hydrogens (tertiary/aromatic N) is 1. The highest BCUT2D eigenvalue weighted by atomic mass is 19.1. The molecule has 1 aromatic carbocycles. The van der Waals surface area contributed by atoms with E-state index in [1.165, 1.54) is 5.56 Å². The van der Waals surface area contributed by atoms with Crippen LogP contribution in [-0.4, -0.2) is 28.9 Å². The van der Waals surface area contributed by atoms with E-state index in [2.05, 4.69) is 0 Å². The minimum absolute atomic E-state index is 0.00152. The summed E-state index contributed by atoms with van der Waals surface area (Å²) in [6.07, 6.45) is 1.31. The number of rotatable bonds is 7. The summed E-state index contributed by atoms with van der Waals surface area (Å²) < 4.78 is 12.8. The fourth-order valence-electron chi connectivity index (χ4n) is 1.70. The third kappa shape index (κ3) is 4.89. The van der Waals surface area contributed by atoms with Crippen LogP contribution < -0.4 is 0 Å². The number of hydrogen-bond acceptors (Lipinski definition) is 3. The van der Waals surface area contributed by atoms with E-state index >= 15 is 0 Å². The van der Waals surface area contributed by atoms with Crippen molar-refractivity contribution in [3.63, 3.8) is 0 Å². The molecule has 0 heterocycles. The minimum Gasteiger partial charge on any atom is -0.389 e. The molecule has 5 heteroatoms. The van der Waals surface area contributed by atoms with E-state index in [0.29, 0.717) is 6.42 Å². The second-order valence-electron chi connectivity index (χ2n) is 4.44. The molecule has 0 saturated heterocycles. The molecule has 1 atom stereocenters. The molecule has 0 aliphatic carbocycles. The van der Waals surface area contributed by atoms with Gasteiger partial charge in [-0.25, -0.2) is 4.39 Å². The lowest BCUT2D eigenvalue weighted by molar-refractivity contribution is -0.576. The summed E-state index contributed by atoms with van der Waals surface area (Å²) in [5.74, 6) is 0. The number of aryl methyl sites for hydroxylation is 2. The van der Waals surface area contributed by atoms with Crippen LogP contribution in [0.5, 0.6) is 0 Å². The molecule has 1 rings (SSSR count). The van der Waals surface area contributed by atoms with Crippen molar-refractivity contribution in [1.29, 1.82) is 0 Å². The second kappa shape index (κ2) is 9.42. The van der Waals surface area contributed by atoms with Gasteiger partial charge in [0.15, 0.2) is 6.67 Å². The number of nitro groups is 1. The number of benzene rings is 1. The predicted molar refractivity (Wildman–Crippen MR) is 78.3 cm³/mol. The van der Waals surface area contributed by atoms with Gasteiger partial charge in [-0.3, -0.25) is 10.1 Å². The van der Waals surface area contributed by atoms with Gasteiger partial charge in [-0.1, -0.05) is 45.0 Å². The van der Waals surface area contributed by atoms with Crippen LogP contribution in [0, 0.1) is 10.1 Å². The Balaban J connectivity index is 0.00000172. The predicted octanol–water partition coefficient (Wildman–Crippen LogP) is 3.19. The number of alkyl halides is 1. The highest BCUT2D eigenvalue weighted by Gasteiger charge is 2.42. The molecule has 1 unspecified atom stereocenters. The second-order valence-corrected chi connectivity index (χ2v) is 4.44. The summed E-state index contributed by atoms with van der Waals surface area (Å²) >= 11 is 0. The SMILES string of the molecule is CC.CCc1ccc(CCC(CO)(CF)[N+](=O)[O-])cc1. The number of aliphatic hydroxyl groups is 1. The van der Waals surface area contributed by atoms with Gasteiger partial charge >= 0.3 is 0 Å². The quantitative estimate of drug-likeness (QED) is 0.618. The number of hydrogen-bond donors (Lipinski definition) is 1. The van der Waals surface area contributed by atoms with Crippen LogP contribution in [0.25, 0.3) is 0 Å². The summed E-state index contributed by atoms with van der Waals surface area (Å²) in [5.41, 5.74) is 0.246. The Morgan fingerprint density at radius 2 is 1.75 bits per heavy atom. The van der Waals surface area contributed by atoms with Crippen LogP contribution in [0.15, 0.2) is 24.3 Å². The summed E-state index contributed by atoms with van der Waals surface area (Å²) in [5, 5.41) is 19.8. The van der Waals surface area contributed by atoms with Gasteiger partial charge in [0.05, 0.1) is 0 Å². The molecule has 0 aromatic heterocycles. The Hall–Kier alpha value is -1.49. The average Bonchev–Trinajstić information content (AvgIpc) is 2.51. The Morgan fingerprint density at radius 1 is 1.25 bits per heavy atom. The Labute approximate surface area is 119 Å². The van der Waals surface area contributed by atoms with Gasteiger partial charge in [-0.2, -0.15) is 0 Å². The third-order valence-electron chi connectivity index (χ3n) is 3.24. The van der Waals surface area contributed by atoms with Crippen molar-refractivity contribution in [2.75, 3.05) is 13.3 Å². The first-order valence-electron chi connectivity index (χ1n) is 6.97. The van der Waals surface area contributed by atoms with Crippen molar-refractivity contribution in [1.82, 2.24) is 0 Å². The molecular weight excluding hydrogens is 261 g/mol. The molecule has 0 fully saturated rings. The van der Waals surface area contributed by atoms with Gasteiger partial charge in [0.1, 0.15) is 6.61 Å². The van der Waals surface area contributed by atoms with Crippen LogP contribution in [0.3, 0.4) is 0 Å². The highest BCUT2D eigenvalue weighted by molar-refractivity contribution is 5.22. The molecule has 1 N–H and O–H groups in total. The topological polar surface area (TPSA) is 63.4 Å². The number of halogens is 1. The van der Waals surface area contributed by atoms with Crippen LogP contribution in [0.1, 0.15) is 38.3 Å². The van der Waals surface area contributed by atoms with Crippen LogP contribution >= 0.6 is 0 Å². The molecule has 114 valence electrons. The minimum atomic E-state index is -1.86. The molecule has 0 aliphatic heterocycles. The molecular formula is C15H24FNO3. The van der Waals surface area contributed by atoms with Gasteiger partial charge in [0.25, 0.3) is 5.54 Å². The zero-order valence-electron chi connectivity index (χ0n) is 12.4. The van der Waals surface area contributed by atoms with E-state index in [9.17, 15) is 14.5 Å². The molecule has 0 spiro atoms. The van der Waals surface area contributed by atoms with Crippen LogP contribution in [-0.2, 0) is 12.8 Å². The molecule has 20 heavy (non-hydrogen) atoms. The Kier molecular flexibility index (Phi) is 8.72. The largest absolute Gasteiger partial charge is 0.389 e. The van der Waals surface area contributed by atoms with Crippen molar-refractivity contribution in [3.05, 3.63) is 45.5 Å². The first kappa shape index (κ1) is 18.5. The van der Waals surface area contributed by atoms with E-state index in [1.54, 1.807) is 0 Å². The summed E-state index contributed by atoms with van der Waals surface area (Å²) in [4.78, 5) is 10.1. The molecule has 0 radical (unpaired) electrons. The summed E-state index contributed by atoms with van der Waals surface area (Å²) in [6, 6.07) is 7.69. The average molecular weight is 285 g/mol. The standard InChI is InChI=1S/C13H18FNO3.C2H6/c1-2-11-3-5-12(6-4-11)7-8-13(9-14,10-16)15(17)18;1-2/h3-6,16H,2,7-10H2,1H3;1-2H3. The van der Waals surface area contributed by atoms with Gasteiger partial charge in [0.2, 0.25) is 0 Å². The van der Waals surface area contributed by atoms with Crippen molar-refractivity contribution >= 4 is 0 Å². The van der Waals surface area contributed by atoms with Gasteiger partial charge in [-0.15, -0.1) is 0 Å². The molecule has 0 aliphatic rings. The lowest BCUT2D eigenvalue weighted by Crippen LogP contribution is -2.44. The van der Waals surface area contributed by atoms with Crippen LogP contribution in [0.2, 0.25) is 0 Å². The Morgan fingerprint density at radius 3 is 2.10 bits per heavy atom. The first-order valence-corrected chi connectivity index (χ1v) is 6.97. The normalized spacial score (nSPS) is 13.1. The van der Waals surface area contributed by atoms with E-state index < -0.39 is 23.7 Å². The molecule has 0 saturated carbocycles. The molecule has 1 aromatic rings. The number of aliphatic hydroxyl groups excluding tert-OH is 1. The molecule has 0 bridgehead atoms. The first-order chi connectivity index (χ1) is 9.57. The van der Waals surface area contributed by atoms with Crippen molar-refractivity contribution in [3.8, 4) is 0 Å². The zero-order chi connectivity index (χ0) is 15.6. The maximum Gasteiger partial charge on any atom is 0.272 e. The van der Waals surface area contributed by atoms with E-state index in [-0.39, 0.29) is 6.42 Å². The van der Waals surface area contributed by atoms with Crippen molar-refractivity contribution in [2.45, 2.75) is 45.6 Å². The van der Waals surface area contributed by atoms with Gasteiger partial charge in [0, 0.05) is 11.3 Å².